The van der Waals surface area contributed by atoms with Crippen molar-refractivity contribution in [2.24, 2.45) is 0 Å². The van der Waals surface area contributed by atoms with Gasteiger partial charge in [-0.1, -0.05) is 36.4 Å². The quantitative estimate of drug-likeness (QED) is 0.625. The van der Waals surface area contributed by atoms with Crippen LogP contribution in [0.3, 0.4) is 0 Å². The molecule has 21 heavy (non-hydrogen) atoms. The standard InChI is InChI=1S/C17H16O4/c1-19-17(18)14-9-13(16-11-21-16)7-8-15(14)20-10-12-5-3-2-4-6-12/h2-9,16H,10-11H2,1H3/t16-/m1/s1. The molecule has 0 radical (unpaired) electrons. The fourth-order valence-electron chi connectivity index (χ4n) is 2.12. The number of ether oxygens (including phenoxy) is 3. The zero-order chi connectivity index (χ0) is 14.7. The molecule has 2 aromatic carbocycles. The number of hydrogen-bond donors (Lipinski definition) is 0. The summed E-state index contributed by atoms with van der Waals surface area (Å²) in [4.78, 5) is 11.9. The van der Waals surface area contributed by atoms with Crippen molar-refractivity contribution >= 4 is 5.97 Å². The molecule has 2 aromatic rings. The lowest BCUT2D eigenvalue weighted by atomic mass is 10.1. The van der Waals surface area contributed by atoms with E-state index < -0.39 is 5.97 Å². The Balaban J connectivity index is 1.81. The maximum absolute atomic E-state index is 11.9. The zero-order valence-corrected chi connectivity index (χ0v) is 11.7. The first-order valence-corrected chi connectivity index (χ1v) is 6.78. The molecule has 108 valence electrons. The van der Waals surface area contributed by atoms with Crippen molar-refractivity contribution in [3.05, 3.63) is 65.2 Å². The summed E-state index contributed by atoms with van der Waals surface area (Å²) in [5.41, 5.74) is 2.45. The van der Waals surface area contributed by atoms with Gasteiger partial charge >= 0.3 is 5.97 Å². The molecule has 0 saturated carbocycles. The van der Waals surface area contributed by atoms with Gasteiger partial charge in [-0.15, -0.1) is 0 Å². The minimum atomic E-state index is -0.402. The second kappa shape index (κ2) is 5.97. The highest BCUT2D eigenvalue weighted by Gasteiger charge is 2.26. The highest BCUT2D eigenvalue weighted by molar-refractivity contribution is 5.92. The molecular weight excluding hydrogens is 268 g/mol. The van der Waals surface area contributed by atoms with Crippen molar-refractivity contribution in [2.75, 3.05) is 13.7 Å². The molecule has 0 spiro atoms. The molecule has 1 heterocycles. The van der Waals surface area contributed by atoms with Crippen molar-refractivity contribution in [1.82, 2.24) is 0 Å². The lowest BCUT2D eigenvalue weighted by Crippen LogP contribution is -2.06. The summed E-state index contributed by atoms with van der Waals surface area (Å²) in [6.45, 7) is 1.11. The van der Waals surface area contributed by atoms with E-state index in [4.69, 9.17) is 14.2 Å². The fourth-order valence-corrected chi connectivity index (χ4v) is 2.12. The molecule has 1 aliphatic heterocycles. The van der Waals surface area contributed by atoms with Gasteiger partial charge in [-0.3, -0.25) is 0 Å². The number of methoxy groups -OCH3 is 1. The van der Waals surface area contributed by atoms with Crippen LogP contribution in [0.25, 0.3) is 0 Å². The second-order valence-electron chi connectivity index (χ2n) is 4.84. The Morgan fingerprint density at radius 2 is 2.00 bits per heavy atom. The average Bonchev–Trinajstić information content (AvgIpc) is 3.38. The van der Waals surface area contributed by atoms with Crippen LogP contribution < -0.4 is 4.74 Å². The first kappa shape index (κ1) is 13.6. The van der Waals surface area contributed by atoms with Crippen LogP contribution in [0.1, 0.15) is 27.6 Å². The summed E-state index contributed by atoms with van der Waals surface area (Å²) in [5.74, 6) is 0.121. The summed E-state index contributed by atoms with van der Waals surface area (Å²) in [6, 6.07) is 15.3. The molecule has 1 saturated heterocycles. The Morgan fingerprint density at radius 3 is 2.67 bits per heavy atom. The predicted molar refractivity (Wildman–Crippen MR) is 77.2 cm³/mol. The Morgan fingerprint density at radius 1 is 1.24 bits per heavy atom. The maximum Gasteiger partial charge on any atom is 0.341 e. The first-order chi connectivity index (χ1) is 10.3. The smallest absolute Gasteiger partial charge is 0.341 e. The predicted octanol–water partition coefficient (Wildman–Crippen LogP) is 3.12. The van der Waals surface area contributed by atoms with Crippen LogP contribution in [0.5, 0.6) is 5.75 Å². The summed E-state index contributed by atoms with van der Waals surface area (Å²) in [7, 11) is 1.36. The number of rotatable bonds is 5. The van der Waals surface area contributed by atoms with E-state index in [0.717, 1.165) is 11.1 Å². The van der Waals surface area contributed by atoms with Crippen LogP contribution >= 0.6 is 0 Å². The van der Waals surface area contributed by atoms with Crippen LogP contribution in [0.4, 0.5) is 0 Å². The number of esters is 1. The van der Waals surface area contributed by atoms with E-state index in [1.165, 1.54) is 7.11 Å². The molecule has 3 rings (SSSR count). The second-order valence-corrected chi connectivity index (χ2v) is 4.84. The Bertz CT molecular complexity index is 632. The molecule has 4 heteroatoms. The number of carbonyl (C=O) groups is 1. The first-order valence-electron chi connectivity index (χ1n) is 6.78. The third-order valence-corrected chi connectivity index (χ3v) is 3.35. The fraction of sp³-hybridized carbons (Fsp3) is 0.235. The lowest BCUT2D eigenvalue weighted by molar-refractivity contribution is 0.0595. The van der Waals surface area contributed by atoms with Crippen LogP contribution in [0, 0.1) is 0 Å². The van der Waals surface area contributed by atoms with Crippen LogP contribution in [0.15, 0.2) is 48.5 Å². The van der Waals surface area contributed by atoms with Crippen molar-refractivity contribution in [2.45, 2.75) is 12.7 Å². The molecule has 0 amide bonds. The van der Waals surface area contributed by atoms with Crippen molar-refractivity contribution < 1.29 is 19.0 Å². The van der Waals surface area contributed by atoms with Crippen LogP contribution in [-0.2, 0) is 16.1 Å². The molecule has 0 bridgehead atoms. The van der Waals surface area contributed by atoms with E-state index in [2.05, 4.69) is 0 Å². The highest BCUT2D eigenvalue weighted by atomic mass is 16.6. The summed E-state index contributed by atoms with van der Waals surface area (Å²) in [6.07, 6.45) is 0.0941. The van der Waals surface area contributed by atoms with Crippen LogP contribution in [-0.4, -0.2) is 19.7 Å². The minimum absolute atomic E-state index is 0.0941. The Labute approximate surface area is 123 Å². The van der Waals surface area contributed by atoms with E-state index in [-0.39, 0.29) is 6.10 Å². The highest BCUT2D eigenvalue weighted by Crippen LogP contribution is 2.33. The molecule has 1 atom stereocenters. The van der Waals surface area contributed by atoms with Gasteiger partial charge in [0.05, 0.1) is 13.7 Å². The molecule has 0 aliphatic carbocycles. The number of carbonyl (C=O) groups excluding carboxylic acids is 1. The third-order valence-electron chi connectivity index (χ3n) is 3.35. The SMILES string of the molecule is COC(=O)c1cc([C@H]2CO2)ccc1OCc1ccccc1. The van der Waals surface area contributed by atoms with E-state index in [1.807, 2.05) is 36.4 Å². The molecule has 0 N–H and O–H groups in total. The van der Waals surface area contributed by atoms with Crippen molar-refractivity contribution in [3.8, 4) is 5.75 Å². The van der Waals surface area contributed by atoms with Gasteiger partial charge in [0.2, 0.25) is 0 Å². The lowest BCUT2D eigenvalue weighted by Gasteiger charge is -2.11. The van der Waals surface area contributed by atoms with Crippen molar-refractivity contribution in [1.29, 1.82) is 0 Å². The number of benzene rings is 2. The average molecular weight is 284 g/mol. The minimum Gasteiger partial charge on any atom is -0.488 e. The van der Waals surface area contributed by atoms with Gasteiger partial charge in [-0.05, 0) is 23.3 Å². The van der Waals surface area contributed by atoms with Crippen LogP contribution in [0.2, 0.25) is 0 Å². The van der Waals surface area contributed by atoms with Gasteiger partial charge in [0.25, 0.3) is 0 Å². The number of epoxide rings is 1. The van der Waals surface area contributed by atoms with E-state index in [0.29, 0.717) is 24.5 Å². The third kappa shape index (κ3) is 3.23. The molecular formula is C17H16O4. The topological polar surface area (TPSA) is 48.1 Å². The molecule has 1 fully saturated rings. The largest absolute Gasteiger partial charge is 0.488 e. The van der Waals surface area contributed by atoms with Gasteiger partial charge in [-0.2, -0.15) is 0 Å². The Kier molecular flexibility index (Phi) is 3.88. The molecule has 0 unspecified atom stereocenters. The monoisotopic (exact) mass is 284 g/mol. The van der Waals surface area contributed by atoms with Gasteiger partial charge in [0, 0.05) is 0 Å². The van der Waals surface area contributed by atoms with Gasteiger partial charge in [-0.25, -0.2) is 4.79 Å². The van der Waals surface area contributed by atoms with Gasteiger partial charge in [0.15, 0.2) is 0 Å². The Hall–Kier alpha value is -2.33. The van der Waals surface area contributed by atoms with E-state index in [1.54, 1.807) is 12.1 Å². The summed E-state index contributed by atoms with van der Waals surface area (Å²) in [5, 5.41) is 0. The molecule has 4 nitrogen and oxygen atoms in total. The van der Waals surface area contributed by atoms with Crippen molar-refractivity contribution in [3.63, 3.8) is 0 Å². The van der Waals surface area contributed by atoms with Gasteiger partial charge < -0.3 is 14.2 Å². The maximum atomic E-state index is 11.9. The molecule has 1 aliphatic rings. The van der Waals surface area contributed by atoms with E-state index in [9.17, 15) is 4.79 Å². The summed E-state index contributed by atoms with van der Waals surface area (Å²) < 4.78 is 15.8. The van der Waals surface area contributed by atoms with Gasteiger partial charge in [0.1, 0.15) is 24.0 Å². The zero-order valence-electron chi connectivity index (χ0n) is 11.7. The number of hydrogen-bond acceptors (Lipinski definition) is 4. The normalized spacial score (nSPS) is 16.3. The summed E-state index contributed by atoms with van der Waals surface area (Å²) >= 11 is 0. The molecule has 0 aromatic heterocycles. The van der Waals surface area contributed by atoms with E-state index >= 15 is 0 Å².